The highest BCUT2D eigenvalue weighted by Gasteiger charge is 2.21. The predicted molar refractivity (Wildman–Crippen MR) is 107 cm³/mol. The van der Waals surface area contributed by atoms with Crippen LogP contribution in [-0.4, -0.2) is 59.4 Å². The zero-order valence-corrected chi connectivity index (χ0v) is 17.5. The Morgan fingerprint density at radius 2 is 1.63 bits per heavy atom. The van der Waals surface area contributed by atoms with E-state index >= 15 is 0 Å². The molecule has 0 aliphatic carbocycles. The molecule has 1 atom stereocenters. The summed E-state index contributed by atoms with van der Waals surface area (Å²) in [5.74, 6) is -0.309. The first-order valence-corrected chi connectivity index (χ1v) is 10.3. The number of aliphatic carboxylic acids is 1. The van der Waals surface area contributed by atoms with Crippen LogP contribution in [0.5, 0.6) is 0 Å². The van der Waals surface area contributed by atoms with Crippen LogP contribution in [0.25, 0.3) is 0 Å². The van der Waals surface area contributed by atoms with Gasteiger partial charge in [-0.05, 0) is 17.6 Å². The molecule has 0 aromatic rings. The second-order valence-corrected chi connectivity index (χ2v) is 8.52. The van der Waals surface area contributed by atoms with Crippen LogP contribution < -0.4 is 16.0 Å². The van der Waals surface area contributed by atoms with Gasteiger partial charge in [-0.2, -0.15) is 11.8 Å². The van der Waals surface area contributed by atoms with Crippen molar-refractivity contribution < 1.29 is 24.3 Å². The number of amides is 3. The summed E-state index contributed by atoms with van der Waals surface area (Å²) in [5.41, 5.74) is 0.179. The van der Waals surface area contributed by atoms with E-state index in [2.05, 4.69) is 36.7 Å². The lowest BCUT2D eigenvalue weighted by Gasteiger charge is -2.19. The van der Waals surface area contributed by atoms with Crippen LogP contribution in [-0.2, 0) is 19.2 Å². The normalized spacial score (nSPS) is 12.1. The number of carboxylic acids is 1. The first-order chi connectivity index (χ1) is 12.5. The highest BCUT2D eigenvalue weighted by atomic mass is 32.2. The topological polar surface area (TPSA) is 125 Å². The fraction of sp³-hybridized carbons (Fsp3) is 0.778. The standard InChI is InChI=1S/C18H33N3O5S/c1-5-14(22)19-9-10-20-17(26)13(6-7-16(24)25)21-15(23)8-11-27-12-18(2,3)4/h13H,5-12H2,1-4H3,(H,19,22)(H,20,26)(H,21,23)(H,24,25)/t13-/m0/s1. The molecule has 8 nitrogen and oxygen atoms in total. The van der Waals surface area contributed by atoms with Gasteiger partial charge in [0.15, 0.2) is 0 Å². The Morgan fingerprint density at radius 3 is 2.19 bits per heavy atom. The molecule has 0 aliphatic heterocycles. The second kappa shape index (κ2) is 13.4. The van der Waals surface area contributed by atoms with E-state index in [0.29, 0.717) is 12.2 Å². The van der Waals surface area contributed by atoms with Gasteiger partial charge in [-0.15, -0.1) is 0 Å². The molecule has 0 radical (unpaired) electrons. The molecule has 0 saturated carbocycles. The van der Waals surface area contributed by atoms with E-state index in [4.69, 9.17) is 5.11 Å². The minimum Gasteiger partial charge on any atom is -0.481 e. The minimum absolute atomic E-state index is 0.0172. The lowest BCUT2D eigenvalue weighted by Crippen LogP contribution is -2.48. The van der Waals surface area contributed by atoms with Gasteiger partial charge in [-0.25, -0.2) is 0 Å². The monoisotopic (exact) mass is 403 g/mol. The first kappa shape index (κ1) is 25.2. The van der Waals surface area contributed by atoms with E-state index in [-0.39, 0.29) is 49.6 Å². The fourth-order valence-electron chi connectivity index (χ4n) is 1.98. The third-order valence-corrected chi connectivity index (χ3v) is 4.94. The summed E-state index contributed by atoms with van der Waals surface area (Å²) in [7, 11) is 0. The van der Waals surface area contributed by atoms with Crippen LogP contribution in [0.1, 0.15) is 53.4 Å². The van der Waals surface area contributed by atoms with Crippen LogP contribution in [0.2, 0.25) is 0 Å². The molecule has 0 fully saturated rings. The highest BCUT2D eigenvalue weighted by Crippen LogP contribution is 2.20. The molecule has 0 spiro atoms. The SMILES string of the molecule is CCC(=O)NCCNC(=O)[C@H](CCC(=O)O)NC(=O)CCSCC(C)(C)C. The largest absolute Gasteiger partial charge is 0.481 e. The summed E-state index contributed by atoms with van der Waals surface area (Å²) in [5, 5.41) is 16.7. The molecule has 27 heavy (non-hydrogen) atoms. The molecule has 0 rings (SSSR count). The zero-order valence-electron chi connectivity index (χ0n) is 16.7. The highest BCUT2D eigenvalue weighted by molar-refractivity contribution is 7.99. The van der Waals surface area contributed by atoms with Crippen LogP contribution in [0.4, 0.5) is 0 Å². The third-order valence-electron chi connectivity index (χ3n) is 3.37. The van der Waals surface area contributed by atoms with E-state index in [1.165, 1.54) is 0 Å². The number of carbonyl (C=O) groups excluding carboxylic acids is 3. The predicted octanol–water partition coefficient (Wildman–Crippen LogP) is 1.15. The van der Waals surface area contributed by atoms with E-state index in [1.54, 1.807) is 18.7 Å². The van der Waals surface area contributed by atoms with Gasteiger partial charge >= 0.3 is 5.97 Å². The van der Waals surface area contributed by atoms with E-state index in [9.17, 15) is 19.2 Å². The summed E-state index contributed by atoms with van der Waals surface area (Å²) >= 11 is 1.67. The zero-order chi connectivity index (χ0) is 20.9. The maximum Gasteiger partial charge on any atom is 0.303 e. The Hall–Kier alpha value is -1.77. The van der Waals surface area contributed by atoms with Crippen LogP contribution >= 0.6 is 11.8 Å². The van der Waals surface area contributed by atoms with Gasteiger partial charge in [0.05, 0.1) is 0 Å². The number of carboxylic acid groups (broad SMARTS) is 1. The summed E-state index contributed by atoms with van der Waals surface area (Å²) in [6.07, 6.45) is 0.426. The first-order valence-electron chi connectivity index (χ1n) is 9.18. The second-order valence-electron chi connectivity index (χ2n) is 7.41. The van der Waals surface area contributed by atoms with E-state index in [0.717, 1.165) is 5.75 Å². The Balaban J connectivity index is 4.39. The number of hydrogen-bond acceptors (Lipinski definition) is 5. The van der Waals surface area contributed by atoms with Crippen molar-refractivity contribution in [2.24, 2.45) is 5.41 Å². The third kappa shape index (κ3) is 15.0. The lowest BCUT2D eigenvalue weighted by atomic mass is 10.0. The Labute approximate surface area is 165 Å². The quantitative estimate of drug-likeness (QED) is 0.342. The molecule has 0 aromatic carbocycles. The van der Waals surface area contributed by atoms with Crippen LogP contribution in [0.3, 0.4) is 0 Å². The smallest absolute Gasteiger partial charge is 0.303 e. The van der Waals surface area contributed by atoms with Crippen molar-refractivity contribution in [2.45, 2.75) is 59.4 Å². The van der Waals surface area contributed by atoms with E-state index in [1.807, 2.05) is 0 Å². The van der Waals surface area contributed by atoms with Crippen molar-refractivity contribution in [3.8, 4) is 0 Å². The van der Waals surface area contributed by atoms with Crippen LogP contribution in [0, 0.1) is 5.41 Å². The molecule has 0 bridgehead atoms. The molecule has 0 saturated heterocycles. The fourth-order valence-corrected chi connectivity index (χ4v) is 3.07. The average Bonchev–Trinajstić information content (AvgIpc) is 2.57. The van der Waals surface area contributed by atoms with Gasteiger partial charge < -0.3 is 21.1 Å². The summed E-state index contributed by atoms with van der Waals surface area (Å²) in [6.45, 7) is 8.58. The maximum absolute atomic E-state index is 12.2. The number of thioether (sulfide) groups is 1. The Bertz CT molecular complexity index is 506. The van der Waals surface area contributed by atoms with Gasteiger partial charge in [-0.1, -0.05) is 27.7 Å². The molecule has 0 aliphatic rings. The molecule has 4 N–H and O–H groups in total. The summed E-state index contributed by atoms with van der Waals surface area (Å²) in [6, 6.07) is -0.900. The molecular weight excluding hydrogens is 370 g/mol. The van der Waals surface area contributed by atoms with Crippen molar-refractivity contribution in [1.29, 1.82) is 0 Å². The molecule has 156 valence electrons. The molecular formula is C18H33N3O5S. The molecule has 3 amide bonds. The van der Waals surface area contributed by atoms with Crippen molar-refractivity contribution in [3.05, 3.63) is 0 Å². The molecule has 0 unspecified atom stereocenters. The Kier molecular flexibility index (Phi) is 12.5. The van der Waals surface area contributed by atoms with E-state index < -0.39 is 17.9 Å². The maximum atomic E-state index is 12.2. The number of hydrogen-bond donors (Lipinski definition) is 4. The summed E-state index contributed by atoms with van der Waals surface area (Å²) in [4.78, 5) is 46.2. The Morgan fingerprint density at radius 1 is 1.00 bits per heavy atom. The number of rotatable bonds is 13. The minimum atomic E-state index is -1.03. The van der Waals surface area contributed by atoms with Gasteiger partial charge in [-0.3, -0.25) is 19.2 Å². The van der Waals surface area contributed by atoms with Gasteiger partial charge in [0.1, 0.15) is 6.04 Å². The van der Waals surface area contributed by atoms with Crippen LogP contribution in [0.15, 0.2) is 0 Å². The average molecular weight is 404 g/mol. The molecule has 0 heterocycles. The molecule has 0 aromatic heterocycles. The van der Waals surface area contributed by atoms with Crippen molar-refractivity contribution in [1.82, 2.24) is 16.0 Å². The number of nitrogens with one attached hydrogen (secondary N) is 3. The van der Waals surface area contributed by atoms with Gasteiger partial charge in [0, 0.05) is 38.1 Å². The van der Waals surface area contributed by atoms with Crippen molar-refractivity contribution >= 4 is 35.5 Å². The van der Waals surface area contributed by atoms with Gasteiger partial charge in [0.2, 0.25) is 17.7 Å². The van der Waals surface area contributed by atoms with Crippen molar-refractivity contribution in [2.75, 3.05) is 24.6 Å². The van der Waals surface area contributed by atoms with Crippen molar-refractivity contribution in [3.63, 3.8) is 0 Å². The number of carbonyl (C=O) groups is 4. The lowest BCUT2D eigenvalue weighted by molar-refractivity contribution is -0.138. The van der Waals surface area contributed by atoms with Gasteiger partial charge in [0.25, 0.3) is 0 Å². The summed E-state index contributed by atoms with van der Waals surface area (Å²) < 4.78 is 0. The molecule has 9 heteroatoms.